The molecule has 3 N–H and O–H groups in total. The predicted molar refractivity (Wildman–Crippen MR) is 279 cm³/mol. The Bertz CT molecular complexity index is 3400. The summed E-state index contributed by atoms with van der Waals surface area (Å²) in [6.07, 6.45) is 3.35. The number of pyridine rings is 1. The van der Waals surface area contributed by atoms with E-state index in [0.717, 1.165) is 100 Å². The zero-order valence-electron chi connectivity index (χ0n) is 40.1. The number of aromatic carboxylic acids is 1. The Balaban J connectivity index is 0.710. The number of hydrogen-bond donors (Lipinski definition) is 3. The third-order valence-corrected chi connectivity index (χ3v) is 15.2. The molecule has 0 spiro atoms. The highest BCUT2D eigenvalue weighted by Crippen LogP contribution is 2.37. The molecule has 0 aliphatic carbocycles. The van der Waals surface area contributed by atoms with E-state index >= 15 is 0 Å². The topological polar surface area (TPSA) is 175 Å². The standard InChI is InChI=1S/C56H53N9O6S/c1-34-39(40-20-22-49(58-52(40)55(69)70)65-26-24-36-11-6-14-41(44(36)33-65)53(67)60-56-57-45-15-3-4-17-48(45)72-56)13-7-16-47(34)71-38-12-5-9-35(31-38)10-8-25-63-27-29-64(30-28-63)37-18-19-42-46(32-37)62(2)61-51(42)43-21-23-50(66)59-54(43)68/h3-7,9,11-20,22,31-32,43H,8,10,21,23-30,33H2,1-2H3,(H,69,70)(H,57,60,67)(H,59,66,68). The van der Waals surface area contributed by atoms with Crippen LogP contribution in [0.5, 0.6) is 11.5 Å². The fraction of sp³-hybridized carbons (Fsp3) is 0.268. The van der Waals surface area contributed by atoms with Crippen LogP contribution in [0.15, 0.2) is 115 Å². The van der Waals surface area contributed by atoms with Gasteiger partial charge in [0.15, 0.2) is 10.8 Å². The molecule has 15 nitrogen and oxygen atoms in total. The maximum atomic E-state index is 13.7. The van der Waals surface area contributed by atoms with Gasteiger partial charge < -0.3 is 19.6 Å². The van der Waals surface area contributed by atoms with Gasteiger partial charge in [-0.25, -0.2) is 14.8 Å². The number of aryl methyl sites for hydroxylation is 2. The highest BCUT2D eigenvalue weighted by Gasteiger charge is 2.32. The van der Waals surface area contributed by atoms with Gasteiger partial charge >= 0.3 is 5.97 Å². The van der Waals surface area contributed by atoms with Crippen molar-refractivity contribution in [1.29, 1.82) is 0 Å². The number of carboxylic acid groups (broad SMARTS) is 1. The van der Waals surface area contributed by atoms with Crippen LogP contribution in [0.3, 0.4) is 0 Å². The molecule has 11 rings (SSSR count). The zero-order chi connectivity index (χ0) is 49.5. The number of carbonyl (C=O) groups is 4. The summed E-state index contributed by atoms with van der Waals surface area (Å²) in [7, 11) is 1.90. The molecule has 0 saturated carbocycles. The van der Waals surface area contributed by atoms with Crippen LogP contribution in [0.25, 0.3) is 32.2 Å². The number of amides is 3. The van der Waals surface area contributed by atoms with Crippen LogP contribution in [0.1, 0.15) is 74.0 Å². The lowest BCUT2D eigenvalue weighted by atomic mass is 9.93. The van der Waals surface area contributed by atoms with Gasteiger partial charge in [0.1, 0.15) is 17.3 Å². The molecule has 16 heteroatoms. The van der Waals surface area contributed by atoms with Gasteiger partial charge in [0.2, 0.25) is 11.8 Å². The third-order valence-electron chi connectivity index (χ3n) is 14.2. The lowest BCUT2D eigenvalue weighted by molar-refractivity contribution is -0.134. The van der Waals surface area contributed by atoms with E-state index in [0.29, 0.717) is 65.9 Å². The van der Waals surface area contributed by atoms with Gasteiger partial charge in [-0.05, 0) is 134 Å². The Morgan fingerprint density at radius 3 is 2.51 bits per heavy atom. The number of carbonyl (C=O) groups excluding carboxylic acids is 3. The normalized spacial score (nSPS) is 16.2. The number of carboxylic acids is 1. The maximum Gasteiger partial charge on any atom is 0.355 e. The number of piperazine rings is 1. The molecule has 0 bridgehead atoms. The number of hydrogen-bond acceptors (Lipinski definition) is 12. The smallest absolute Gasteiger partial charge is 0.355 e. The van der Waals surface area contributed by atoms with Gasteiger partial charge in [0.05, 0.1) is 27.3 Å². The van der Waals surface area contributed by atoms with Gasteiger partial charge in [-0.3, -0.25) is 34.6 Å². The van der Waals surface area contributed by atoms with Crippen LogP contribution in [-0.4, -0.2) is 92.7 Å². The SMILES string of the molecule is Cc1c(Oc2cccc(CCCN3CCN(c4ccc5c(C6CCC(=O)NC6=O)nn(C)c5c4)CC3)c2)cccc1-c1ccc(N2CCc3cccc(C(=O)Nc4nc5ccccc5s4)c3C2)nc1C(=O)O. The second kappa shape index (κ2) is 19.7. The second-order valence-electron chi connectivity index (χ2n) is 18.8. The number of nitrogens with zero attached hydrogens (tertiary/aromatic N) is 7. The van der Waals surface area contributed by atoms with Gasteiger partial charge in [-0.2, -0.15) is 5.10 Å². The summed E-state index contributed by atoms with van der Waals surface area (Å²) in [6, 6.07) is 37.4. The van der Waals surface area contributed by atoms with Crippen molar-refractivity contribution < 1.29 is 29.0 Å². The number of ether oxygens (including phenoxy) is 1. The fourth-order valence-electron chi connectivity index (χ4n) is 10.4. The Morgan fingerprint density at radius 1 is 0.847 bits per heavy atom. The molecule has 8 aromatic rings. The van der Waals surface area contributed by atoms with Crippen molar-refractivity contribution in [2.45, 2.75) is 51.5 Å². The zero-order valence-corrected chi connectivity index (χ0v) is 40.9. The molecule has 0 radical (unpaired) electrons. The Hall–Kier alpha value is -7.95. The number of para-hydroxylation sites is 1. The van der Waals surface area contributed by atoms with E-state index in [4.69, 9.17) is 14.8 Å². The molecule has 2 saturated heterocycles. The first-order valence-electron chi connectivity index (χ1n) is 24.4. The minimum atomic E-state index is -1.13. The number of benzene rings is 5. The second-order valence-corrected chi connectivity index (χ2v) is 19.8. The summed E-state index contributed by atoms with van der Waals surface area (Å²) in [5, 5.41) is 22.2. The van der Waals surface area contributed by atoms with E-state index < -0.39 is 11.9 Å². The number of nitrogens with one attached hydrogen (secondary N) is 2. The van der Waals surface area contributed by atoms with E-state index in [1.165, 1.54) is 16.9 Å². The fourth-order valence-corrected chi connectivity index (χ4v) is 11.3. The third kappa shape index (κ3) is 9.38. The number of anilines is 3. The van der Waals surface area contributed by atoms with Crippen molar-refractivity contribution in [2.75, 3.05) is 54.4 Å². The van der Waals surface area contributed by atoms with E-state index in [9.17, 15) is 24.3 Å². The average Bonchev–Trinajstić information content (AvgIpc) is 3.96. The van der Waals surface area contributed by atoms with Gasteiger partial charge in [-0.1, -0.05) is 59.9 Å². The van der Waals surface area contributed by atoms with Crippen LogP contribution in [0.4, 0.5) is 16.6 Å². The number of fused-ring (bicyclic) bond motifs is 3. The average molecular weight is 980 g/mol. The van der Waals surface area contributed by atoms with Crippen LogP contribution in [0.2, 0.25) is 0 Å². The van der Waals surface area contributed by atoms with Crippen molar-refractivity contribution in [1.82, 2.24) is 30.0 Å². The van der Waals surface area contributed by atoms with Crippen LogP contribution in [-0.2, 0) is 36.0 Å². The first-order chi connectivity index (χ1) is 35.0. The van der Waals surface area contributed by atoms with Crippen molar-refractivity contribution in [3.8, 4) is 22.6 Å². The Labute approximate surface area is 420 Å². The number of rotatable bonds is 13. The summed E-state index contributed by atoms with van der Waals surface area (Å²) in [4.78, 5) is 67.2. The first-order valence-corrected chi connectivity index (χ1v) is 25.3. The molecule has 5 aromatic carbocycles. The minimum Gasteiger partial charge on any atom is -0.476 e. The van der Waals surface area contributed by atoms with Crippen molar-refractivity contribution in [2.24, 2.45) is 7.05 Å². The number of aromatic nitrogens is 4. The molecule has 3 aliphatic heterocycles. The monoisotopic (exact) mass is 979 g/mol. The largest absolute Gasteiger partial charge is 0.476 e. The molecule has 3 amide bonds. The first kappa shape index (κ1) is 46.4. The van der Waals surface area contributed by atoms with Crippen LogP contribution in [0, 0.1) is 6.92 Å². The summed E-state index contributed by atoms with van der Waals surface area (Å²) in [5.41, 5.74) is 9.30. The van der Waals surface area contributed by atoms with Crippen molar-refractivity contribution >= 4 is 72.8 Å². The molecule has 6 heterocycles. The van der Waals surface area contributed by atoms with E-state index in [2.05, 4.69) is 55.7 Å². The Kier molecular flexibility index (Phi) is 12.7. The number of imide groups is 1. The highest BCUT2D eigenvalue weighted by atomic mass is 32.1. The number of piperidine rings is 1. The molecule has 364 valence electrons. The molecule has 72 heavy (non-hydrogen) atoms. The van der Waals surface area contributed by atoms with Gasteiger partial charge in [0.25, 0.3) is 5.91 Å². The maximum absolute atomic E-state index is 13.7. The lowest BCUT2D eigenvalue weighted by Gasteiger charge is -2.36. The van der Waals surface area contributed by atoms with Gasteiger partial charge in [0, 0.05) is 74.9 Å². The van der Waals surface area contributed by atoms with Crippen LogP contribution >= 0.6 is 11.3 Å². The van der Waals surface area contributed by atoms with E-state index in [1.54, 1.807) is 0 Å². The van der Waals surface area contributed by atoms with E-state index in [1.807, 2.05) is 108 Å². The quantitative estimate of drug-likeness (QED) is 0.0937. The Morgan fingerprint density at radius 2 is 1.68 bits per heavy atom. The lowest BCUT2D eigenvalue weighted by Crippen LogP contribution is -2.46. The van der Waals surface area contributed by atoms with Crippen LogP contribution < -0.4 is 25.2 Å². The highest BCUT2D eigenvalue weighted by molar-refractivity contribution is 7.22. The predicted octanol–water partition coefficient (Wildman–Crippen LogP) is 9.13. The molecule has 3 aromatic heterocycles. The molecular formula is C56H53N9O6S. The molecule has 3 aliphatic rings. The molecule has 2 fully saturated rings. The van der Waals surface area contributed by atoms with Crippen molar-refractivity contribution in [3.63, 3.8) is 0 Å². The molecule has 1 unspecified atom stereocenters. The number of thiazole rings is 1. The minimum absolute atomic E-state index is 0.0582. The summed E-state index contributed by atoms with van der Waals surface area (Å²) >= 11 is 1.43. The van der Waals surface area contributed by atoms with Crippen molar-refractivity contribution in [3.05, 3.63) is 154 Å². The summed E-state index contributed by atoms with van der Waals surface area (Å²) < 4.78 is 9.34. The molecule has 1 atom stereocenters. The van der Waals surface area contributed by atoms with Gasteiger partial charge in [-0.15, -0.1) is 0 Å². The van der Waals surface area contributed by atoms with E-state index in [-0.39, 0.29) is 23.4 Å². The molecular weight excluding hydrogens is 927 g/mol. The summed E-state index contributed by atoms with van der Waals surface area (Å²) in [6.45, 7) is 7.64. The summed E-state index contributed by atoms with van der Waals surface area (Å²) in [5.74, 6) is -0.434.